The average molecular weight is 337 g/mol. The van der Waals surface area contributed by atoms with E-state index < -0.39 is 0 Å². The molecule has 1 fully saturated rings. The second kappa shape index (κ2) is 7.21. The van der Waals surface area contributed by atoms with Gasteiger partial charge in [0.15, 0.2) is 0 Å². The van der Waals surface area contributed by atoms with Gasteiger partial charge in [-0.05, 0) is 48.6 Å². The molecule has 1 aliphatic rings. The number of aromatic nitrogens is 4. The van der Waals surface area contributed by atoms with Crippen molar-refractivity contribution in [2.75, 3.05) is 0 Å². The highest BCUT2D eigenvalue weighted by molar-refractivity contribution is 5.33. The van der Waals surface area contributed by atoms with Gasteiger partial charge in [-0.2, -0.15) is 10.2 Å². The van der Waals surface area contributed by atoms with E-state index in [-0.39, 0.29) is 12.1 Å². The Labute approximate surface area is 147 Å². The third kappa shape index (κ3) is 3.81. The highest BCUT2D eigenvalue weighted by Gasteiger charge is 2.32. The lowest BCUT2D eigenvalue weighted by molar-refractivity contribution is 0.145. The molecule has 6 heteroatoms. The van der Waals surface area contributed by atoms with Crippen LogP contribution in [0.15, 0.2) is 61.2 Å². The maximum absolute atomic E-state index is 10.3. The SMILES string of the molecule is O[C@@H]1CC(Cn2cccn2)C[C@H]1NCc1ccc(-n2cccn2)cc1. The van der Waals surface area contributed by atoms with Gasteiger partial charge >= 0.3 is 0 Å². The highest BCUT2D eigenvalue weighted by atomic mass is 16.3. The normalized spacial score (nSPS) is 23.2. The first-order valence-electron chi connectivity index (χ1n) is 8.76. The number of benzene rings is 1. The molecule has 4 rings (SSSR count). The molecule has 130 valence electrons. The zero-order chi connectivity index (χ0) is 17.1. The van der Waals surface area contributed by atoms with Crippen LogP contribution in [0.3, 0.4) is 0 Å². The van der Waals surface area contributed by atoms with Gasteiger partial charge in [-0.15, -0.1) is 0 Å². The summed E-state index contributed by atoms with van der Waals surface area (Å²) in [5.41, 5.74) is 2.26. The lowest BCUT2D eigenvalue weighted by Crippen LogP contribution is -2.35. The number of hydrogen-bond acceptors (Lipinski definition) is 4. The smallest absolute Gasteiger partial charge is 0.0696 e. The lowest BCUT2D eigenvalue weighted by atomic mass is 10.1. The van der Waals surface area contributed by atoms with E-state index in [0.717, 1.165) is 31.6 Å². The molecule has 0 amide bonds. The molecular weight excluding hydrogens is 314 g/mol. The molecule has 0 spiro atoms. The molecule has 0 bridgehead atoms. The number of rotatable bonds is 6. The van der Waals surface area contributed by atoms with Crippen LogP contribution in [0.4, 0.5) is 0 Å². The zero-order valence-electron chi connectivity index (χ0n) is 14.1. The van der Waals surface area contributed by atoms with Crippen LogP contribution in [-0.4, -0.2) is 36.8 Å². The molecule has 0 saturated heterocycles. The number of nitrogens with zero attached hydrogens (tertiary/aromatic N) is 4. The minimum absolute atomic E-state index is 0.145. The van der Waals surface area contributed by atoms with Gasteiger partial charge in [-0.1, -0.05) is 12.1 Å². The predicted molar refractivity (Wildman–Crippen MR) is 95.1 cm³/mol. The zero-order valence-corrected chi connectivity index (χ0v) is 14.1. The van der Waals surface area contributed by atoms with Crippen LogP contribution in [0.5, 0.6) is 0 Å². The Bertz CT molecular complexity index is 767. The summed E-state index contributed by atoms with van der Waals surface area (Å²) in [7, 11) is 0. The first-order chi connectivity index (χ1) is 12.3. The maximum atomic E-state index is 10.3. The first kappa shape index (κ1) is 16.1. The number of hydrogen-bond donors (Lipinski definition) is 2. The summed E-state index contributed by atoms with van der Waals surface area (Å²) in [6.07, 6.45) is 9.01. The molecule has 2 N–H and O–H groups in total. The summed E-state index contributed by atoms with van der Waals surface area (Å²) in [5, 5.41) is 22.3. The lowest BCUT2D eigenvalue weighted by Gasteiger charge is -2.16. The fourth-order valence-electron chi connectivity index (χ4n) is 3.60. The third-order valence-electron chi connectivity index (χ3n) is 4.90. The van der Waals surface area contributed by atoms with Crippen LogP contribution < -0.4 is 5.32 Å². The van der Waals surface area contributed by atoms with Crippen molar-refractivity contribution in [2.45, 2.75) is 38.1 Å². The maximum Gasteiger partial charge on any atom is 0.0696 e. The molecule has 1 aliphatic carbocycles. The van der Waals surface area contributed by atoms with Gasteiger partial charge in [-0.25, -0.2) is 4.68 Å². The summed E-state index contributed by atoms with van der Waals surface area (Å²) in [6.45, 7) is 1.64. The standard InChI is InChI=1S/C19H23N5O/c25-19-12-16(14-23-9-1-7-21-23)11-18(19)20-13-15-3-5-17(6-4-15)24-10-2-8-22-24/h1-10,16,18-20,25H,11-14H2/t16?,18-,19-/m1/s1. The molecule has 1 aromatic carbocycles. The van der Waals surface area contributed by atoms with E-state index in [9.17, 15) is 5.11 Å². The van der Waals surface area contributed by atoms with Crippen LogP contribution in [0.2, 0.25) is 0 Å². The van der Waals surface area contributed by atoms with Crippen LogP contribution in [0.1, 0.15) is 18.4 Å². The Hall–Kier alpha value is -2.44. The summed E-state index contributed by atoms with van der Waals surface area (Å²) < 4.78 is 3.80. The molecule has 0 aliphatic heterocycles. The van der Waals surface area contributed by atoms with E-state index in [1.54, 1.807) is 12.4 Å². The fraction of sp³-hybridized carbons (Fsp3) is 0.368. The van der Waals surface area contributed by atoms with Gasteiger partial charge in [-0.3, -0.25) is 4.68 Å². The van der Waals surface area contributed by atoms with E-state index in [4.69, 9.17) is 0 Å². The molecule has 1 unspecified atom stereocenters. The molecule has 6 nitrogen and oxygen atoms in total. The Kier molecular flexibility index (Phi) is 4.63. The Morgan fingerprint density at radius 2 is 1.84 bits per heavy atom. The number of aliphatic hydroxyl groups is 1. The molecule has 0 radical (unpaired) electrons. The average Bonchev–Trinajstić information content (AvgIpc) is 3.37. The molecule has 3 aromatic rings. The van der Waals surface area contributed by atoms with Crippen LogP contribution in [0.25, 0.3) is 5.69 Å². The van der Waals surface area contributed by atoms with Crippen LogP contribution >= 0.6 is 0 Å². The van der Waals surface area contributed by atoms with Crippen molar-refractivity contribution < 1.29 is 5.11 Å². The van der Waals surface area contributed by atoms with Crippen molar-refractivity contribution in [2.24, 2.45) is 5.92 Å². The highest BCUT2D eigenvalue weighted by Crippen LogP contribution is 2.27. The summed E-state index contributed by atoms with van der Waals surface area (Å²) in [4.78, 5) is 0. The van der Waals surface area contributed by atoms with Crippen molar-refractivity contribution >= 4 is 0 Å². The number of aliphatic hydroxyl groups excluding tert-OH is 1. The predicted octanol–water partition coefficient (Wildman–Crippen LogP) is 2.00. The summed E-state index contributed by atoms with van der Waals surface area (Å²) in [6, 6.07) is 12.3. The van der Waals surface area contributed by atoms with Crippen LogP contribution in [0, 0.1) is 5.92 Å². The van der Waals surface area contributed by atoms with E-state index in [1.807, 2.05) is 33.9 Å². The fourth-order valence-corrected chi connectivity index (χ4v) is 3.60. The van der Waals surface area contributed by atoms with Gasteiger partial charge in [0.1, 0.15) is 0 Å². The monoisotopic (exact) mass is 337 g/mol. The largest absolute Gasteiger partial charge is 0.391 e. The van der Waals surface area contributed by atoms with Crippen LogP contribution in [-0.2, 0) is 13.1 Å². The van der Waals surface area contributed by atoms with E-state index in [0.29, 0.717) is 5.92 Å². The molecule has 25 heavy (non-hydrogen) atoms. The van der Waals surface area contributed by atoms with Crippen molar-refractivity contribution in [1.29, 1.82) is 0 Å². The van der Waals surface area contributed by atoms with Gasteiger partial charge < -0.3 is 10.4 Å². The van der Waals surface area contributed by atoms with Crippen molar-refractivity contribution in [1.82, 2.24) is 24.9 Å². The second-order valence-corrected chi connectivity index (χ2v) is 6.74. The minimum Gasteiger partial charge on any atom is -0.391 e. The molecule has 3 atom stereocenters. The van der Waals surface area contributed by atoms with Gasteiger partial charge in [0.25, 0.3) is 0 Å². The van der Waals surface area contributed by atoms with Gasteiger partial charge in [0.2, 0.25) is 0 Å². The van der Waals surface area contributed by atoms with E-state index >= 15 is 0 Å². The van der Waals surface area contributed by atoms with Crippen molar-refractivity contribution in [3.05, 3.63) is 66.7 Å². The van der Waals surface area contributed by atoms with Crippen molar-refractivity contribution in [3.8, 4) is 5.69 Å². The van der Waals surface area contributed by atoms with Crippen molar-refractivity contribution in [3.63, 3.8) is 0 Å². The van der Waals surface area contributed by atoms with E-state index in [1.165, 1.54) is 5.56 Å². The molecular formula is C19H23N5O. The quantitative estimate of drug-likeness (QED) is 0.722. The topological polar surface area (TPSA) is 67.9 Å². The Morgan fingerprint density at radius 3 is 2.56 bits per heavy atom. The minimum atomic E-state index is -0.288. The second-order valence-electron chi connectivity index (χ2n) is 6.74. The third-order valence-corrected chi connectivity index (χ3v) is 4.90. The summed E-state index contributed by atoms with van der Waals surface area (Å²) in [5.74, 6) is 0.467. The molecule has 2 heterocycles. The van der Waals surface area contributed by atoms with E-state index in [2.05, 4.69) is 39.8 Å². The number of nitrogens with one attached hydrogen (secondary N) is 1. The Morgan fingerprint density at radius 1 is 1.04 bits per heavy atom. The molecule has 1 saturated carbocycles. The molecule has 2 aromatic heterocycles. The first-order valence-corrected chi connectivity index (χ1v) is 8.76. The summed E-state index contributed by atoms with van der Waals surface area (Å²) >= 11 is 0. The van der Waals surface area contributed by atoms with Gasteiger partial charge in [0.05, 0.1) is 11.8 Å². The Balaban J connectivity index is 1.30. The van der Waals surface area contributed by atoms with Gasteiger partial charge in [0, 0.05) is 43.9 Å².